The number of hydrogen-bond acceptors (Lipinski definition) is 3. The summed E-state index contributed by atoms with van der Waals surface area (Å²) in [7, 11) is 0. The number of rotatable bonds is 3. The second-order valence-corrected chi connectivity index (χ2v) is 3.73. The van der Waals surface area contributed by atoms with E-state index in [0.717, 1.165) is 11.4 Å². The van der Waals surface area contributed by atoms with Crippen LogP contribution in [0.5, 0.6) is 5.75 Å². The SMILES string of the molecule is CCOc1ccc(-[n+]2cc[nH]c2)cc1.O=C([O-])C(F)(F)F. The fraction of sp³-hybridized carbons (Fsp3) is 0.231. The topological polar surface area (TPSA) is 69.0 Å². The van der Waals surface area contributed by atoms with E-state index in [0.29, 0.717) is 6.61 Å². The molecule has 0 fully saturated rings. The summed E-state index contributed by atoms with van der Waals surface area (Å²) in [5.41, 5.74) is 1.12. The molecule has 0 unspecified atom stereocenters. The van der Waals surface area contributed by atoms with Gasteiger partial charge in [-0.25, -0.2) is 9.55 Å². The minimum absolute atomic E-state index is 0.705. The molecular weight excluding hydrogens is 289 g/mol. The summed E-state index contributed by atoms with van der Waals surface area (Å²) >= 11 is 0. The lowest BCUT2D eigenvalue weighted by Gasteiger charge is -2.03. The van der Waals surface area contributed by atoms with E-state index in [1.807, 2.05) is 54.5 Å². The first kappa shape index (κ1) is 16.5. The van der Waals surface area contributed by atoms with Gasteiger partial charge in [0, 0.05) is 0 Å². The van der Waals surface area contributed by atoms with Crippen molar-refractivity contribution >= 4 is 5.97 Å². The number of imidazole rings is 1. The molecule has 5 nitrogen and oxygen atoms in total. The Bertz CT molecular complexity index is 551. The summed E-state index contributed by atoms with van der Waals surface area (Å²) in [5.74, 6) is -2.10. The van der Waals surface area contributed by atoms with Gasteiger partial charge in [-0.2, -0.15) is 13.2 Å². The maximum atomic E-state index is 10.5. The van der Waals surface area contributed by atoms with Crippen molar-refractivity contribution in [1.29, 1.82) is 0 Å². The van der Waals surface area contributed by atoms with Gasteiger partial charge in [-0.05, 0) is 31.2 Å². The number of benzene rings is 1. The first-order chi connectivity index (χ1) is 9.84. The first-order valence-electron chi connectivity index (χ1n) is 5.90. The highest BCUT2D eigenvalue weighted by Crippen LogP contribution is 2.12. The molecule has 0 aliphatic heterocycles. The van der Waals surface area contributed by atoms with E-state index in [1.165, 1.54) is 0 Å². The summed E-state index contributed by atoms with van der Waals surface area (Å²) in [6.45, 7) is 2.69. The van der Waals surface area contributed by atoms with Crippen LogP contribution in [0, 0.1) is 0 Å². The van der Waals surface area contributed by atoms with Crippen molar-refractivity contribution in [2.45, 2.75) is 13.1 Å². The van der Waals surface area contributed by atoms with E-state index in [2.05, 4.69) is 4.98 Å². The van der Waals surface area contributed by atoms with E-state index < -0.39 is 12.1 Å². The molecule has 0 radical (unpaired) electrons. The molecule has 0 amide bonds. The van der Waals surface area contributed by atoms with Crippen LogP contribution >= 0.6 is 0 Å². The molecule has 21 heavy (non-hydrogen) atoms. The Morgan fingerprint density at radius 3 is 2.29 bits per heavy atom. The van der Waals surface area contributed by atoms with E-state index in [4.69, 9.17) is 14.6 Å². The van der Waals surface area contributed by atoms with Crippen molar-refractivity contribution in [3.63, 3.8) is 0 Å². The van der Waals surface area contributed by atoms with Gasteiger partial charge in [0.1, 0.15) is 29.8 Å². The highest BCUT2D eigenvalue weighted by atomic mass is 19.4. The van der Waals surface area contributed by atoms with E-state index in [1.54, 1.807) is 0 Å². The van der Waals surface area contributed by atoms with Crippen LogP contribution in [0.15, 0.2) is 43.0 Å². The van der Waals surface area contributed by atoms with Gasteiger partial charge >= 0.3 is 6.18 Å². The van der Waals surface area contributed by atoms with Crippen LogP contribution in [-0.4, -0.2) is 23.7 Å². The Morgan fingerprint density at radius 1 is 1.33 bits per heavy atom. The van der Waals surface area contributed by atoms with Crippen molar-refractivity contribution < 1.29 is 32.4 Å². The summed E-state index contributed by atoms with van der Waals surface area (Å²) in [6.07, 6.45) is 0.557. The minimum Gasteiger partial charge on any atom is -0.542 e. The highest BCUT2D eigenvalue weighted by molar-refractivity contribution is 5.70. The Kier molecular flexibility index (Phi) is 5.77. The second kappa shape index (κ2) is 7.32. The number of carboxylic acid groups (broad SMARTS) is 1. The zero-order valence-corrected chi connectivity index (χ0v) is 11.1. The molecule has 0 aliphatic rings. The molecule has 1 aromatic carbocycles. The lowest BCUT2D eigenvalue weighted by molar-refractivity contribution is -0.594. The molecule has 1 N–H and O–H groups in total. The molecule has 114 valence electrons. The van der Waals surface area contributed by atoms with Crippen LogP contribution in [0.25, 0.3) is 5.69 Å². The molecule has 8 heteroatoms. The average Bonchev–Trinajstić information content (AvgIpc) is 2.93. The van der Waals surface area contributed by atoms with Gasteiger partial charge < -0.3 is 14.6 Å². The summed E-state index contributed by atoms with van der Waals surface area (Å²) < 4.78 is 38.9. The molecule has 0 saturated carbocycles. The highest BCUT2D eigenvalue weighted by Gasteiger charge is 2.28. The number of halogens is 3. The molecule has 0 atom stereocenters. The smallest absolute Gasteiger partial charge is 0.430 e. The number of aliphatic carboxylic acids is 1. The Morgan fingerprint density at radius 2 is 1.90 bits per heavy atom. The first-order valence-corrected chi connectivity index (χ1v) is 5.90. The Labute approximate surface area is 118 Å². The number of aromatic amines is 1. The van der Waals surface area contributed by atoms with Crippen molar-refractivity contribution in [1.82, 2.24) is 4.98 Å². The second-order valence-electron chi connectivity index (χ2n) is 3.73. The standard InChI is InChI=1S/C11H12N2O.C2HF3O2/c1-2-14-11-5-3-10(4-6-11)13-8-7-12-9-13;3-2(4,5)1(6)7/h3-9H,2H2,1H3;(H,6,7). The van der Waals surface area contributed by atoms with Gasteiger partial charge in [0.2, 0.25) is 6.33 Å². The Hall–Kier alpha value is -2.51. The largest absolute Gasteiger partial charge is 0.542 e. The molecule has 1 aromatic heterocycles. The van der Waals surface area contributed by atoms with Crippen LogP contribution in [0.4, 0.5) is 13.2 Å². The number of alkyl halides is 3. The van der Waals surface area contributed by atoms with Crippen LogP contribution in [0.3, 0.4) is 0 Å². The summed E-state index contributed by atoms with van der Waals surface area (Å²) in [4.78, 5) is 11.8. The molecule has 0 spiro atoms. The lowest BCUT2D eigenvalue weighted by Crippen LogP contribution is -2.37. The fourth-order valence-electron chi connectivity index (χ4n) is 1.33. The minimum atomic E-state index is -5.19. The number of ether oxygens (including phenoxy) is 1. The molecular formula is C13H13F3N2O3. The van der Waals surface area contributed by atoms with Gasteiger partial charge in [0.25, 0.3) is 0 Å². The average molecular weight is 302 g/mol. The number of hydrogen-bond donors (Lipinski definition) is 1. The van der Waals surface area contributed by atoms with Gasteiger partial charge in [0.05, 0.1) is 6.61 Å². The van der Waals surface area contributed by atoms with Gasteiger partial charge in [-0.1, -0.05) is 0 Å². The molecule has 2 aromatic rings. The number of nitrogens with one attached hydrogen (secondary N) is 1. The summed E-state index contributed by atoms with van der Waals surface area (Å²) in [5, 5.41) is 8.78. The molecule has 1 heterocycles. The maximum absolute atomic E-state index is 10.5. The van der Waals surface area contributed by atoms with Gasteiger partial charge in [0.15, 0.2) is 0 Å². The van der Waals surface area contributed by atoms with Gasteiger partial charge in [-0.15, -0.1) is 0 Å². The third-order valence-corrected chi connectivity index (χ3v) is 2.22. The van der Waals surface area contributed by atoms with Crippen LogP contribution in [-0.2, 0) is 4.79 Å². The fourth-order valence-corrected chi connectivity index (χ4v) is 1.33. The zero-order chi connectivity index (χ0) is 15.9. The third kappa shape index (κ3) is 5.55. The number of carboxylic acids is 1. The third-order valence-electron chi connectivity index (χ3n) is 2.22. The van der Waals surface area contributed by atoms with E-state index >= 15 is 0 Å². The van der Waals surface area contributed by atoms with Crippen LogP contribution in [0.2, 0.25) is 0 Å². The van der Waals surface area contributed by atoms with E-state index in [9.17, 15) is 13.2 Å². The van der Waals surface area contributed by atoms with Gasteiger partial charge in [-0.3, -0.25) is 0 Å². The number of aromatic nitrogens is 2. The number of H-pyrrole nitrogens is 1. The lowest BCUT2D eigenvalue weighted by atomic mass is 10.3. The van der Waals surface area contributed by atoms with Crippen molar-refractivity contribution in [3.05, 3.63) is 43.0 Å². The number of carbonyl (C=O) groups is 1. The summed E-state index contributed by atoms with van der Waals surface area (Å²) in [6, 6.07) is 8.00. The zero-order valence-electron chi connectivity index (χ0n) is 11.1. The quantitative estimate of drug-likeness (QED) is 0.860. The number of nitrogens with zero attached hydrogens (tertiary/aromatic N) is 1. The Balaban J connectivity index is 0.000000270. The van der Waals surface area contributed by atoms with Crippen molar-refractivity contribution in [2.75, 3.05) is 6.61 Å². The molecule has 0 bridgehead atoms. The molecule has 2 rings (SSSR count). The van der Waals surface area contributed by atoms with Crippen molar-refractivity contribution in [3.8, 4) is 11.4 Å². The molecule has 0 saturated heterocycles. The predicted octanol–water partition coefficient (Wildman–Crippen LogP) is 0.989. The monoisotopic (exact) mass is 302 g/mol. The number of carbonyl (C=O) groups excluding carboxylic acids is 1. The van der Waals surface area contributed by atoms with Crippen molar-refractivity contribution in [2.24, 2.45) is 0 Å². The normalized spacial score (nSPS) is 10.5. The maximum Gasteiger partial charge on any atom is 0.430 e. The molecule has 0 aliphatic carbocycles. The van der Waals surface area contributed by atoms with E-state index in [-0.39, 0.29) is 0 Å². The predicted molar refractivity (Wildman–Crippen MR) is 64.6 cm³/mol. The van der Waals surface area contributed by atoms with Crippen LogP contribution in [0.1, 0.15) is 6.92 Å². The van der Waals surface area contributed by atoms with Crippen LogP contribution < -0.4 is 14.4 Å².